The number of nitrogens with two attached hydrogens (primary N) is 1. The van der Waals surface area contributed by atoms with Gasteiger partial charge in [-0.2, -0.15) is 0 Å². The summed E-state index contributed by atoms with van der Waals surface area (Å²) < 4.78 is 26.1. The van der Waals surface area contributed by atoms with E-state index in [1.165, 1.54) is 0 Å². The molecule has 3 heteroatoms. The van der Waals surface area contributed by atoms with Crippen molar-refractivity contribution in [2.75, 3.05) is 0 Å². The normalized spacial score (nSPS) is 51.0. The molecule has 0 bridgehead atoms. The average Bonchev–Trinajstić information content (AvgIpc) is 2.35. The van der Waals surface area contributed by atoms with E-state index in [0.29, 0.717) is 5.92 Å². The minimum absolute atomic E-state index is 0.0309. The predicted molar refractivity (Wildman–Crippen MR) is 42.9 cm³/mol. The first-order chi connectivity index (χ1) is 5.50. The second-order valence-electron chi connectivity index (χ2n) is 4.49. The average molecular weight is 175 g/mol. The standard InChI is InChI=1S/C9H15F2N/c1-5-2-6-4-9(10,11)8(12)7(6)3-5/h5-8H,2-4,12H2,1H3. The maximum atomic E-state index is 13.1. The van der Waals surface area contributed by atoms with E-state index in [9.17, 15) is 8.78 Å². The molecular weight excluding hydrogens is 160 g/mol. The third kappa shape index (κ3) is 1.06. The molecule has 2 fully saturated rings. The van der Waals surface area contributed by atoms with Gasteiger partial charge in [0, 0.05) is 6.42 Å². The van der Waals surface area contributed by atoms with E-state index in [4.69, 9.17) is 5.73 Å². The highest BCUT2D eigenvalue weighted by Crippen LogP contribution is 2.51. The molecule has 0 aliphatic heterocycles. The van der Waals surface area contributed by atoms with Crippen LogP contribution >= 0.6 is 0 Å². The largest absolute Gasteiger partial charge is 0.322 e. The predicted octanol–water partition coefficient (Wildman–Crippen LogP) is 2.02. The smallest absolute Gasteiger partial charge is 0.263 e. The Labute approximate surface area is 71.3 Å². The second kappa shape index (κ2) is 2.41. The molecule has 2 rings (SSSR count). The van der Waals surface area contributed by atoms with Crippen LogP contribution in [0.15, 0.2) is 0 Å². The molecule has 0 spiro atoms. The highest BCUT2D eigenvalue weighted by molar-refractivity contribution is 5.02. The number of rotatable bonds is 0. The first kappa shape index (κ1) is 8.42. The van der Waals surface area contributed by atoms with Crippen LogP contribution in [0.25, 0.3) is 0 Å². The lowest BCUT2D eigenvalue weighted by Gasteiger charge is -2.19. The Balaban J connectivity index is 2.14. The second-order valence-corrected chi connectivity index (χ2v) is 4.49. The van der Waals surface area contributed by atoms with Crippen LogP contribution in [0, 0.1) is 17.8 Å². The van der Waals surface area contributed by atoms with Crippen molar-refractivity contribution in [3.63, 3.8) is 0 Å². The number of fused-ring (bicyclic) bond motifs is 1. The summed E-state index contributed by atoms with van der Waals surface area (Å²) in [6.45, 7) is 2.13. The van der Waals surface area contributed by atoms with Gasteiger partial charge in [-0.05, 0) is 30.6 Å². The summed E-state index contributed by atoms with van der Waals surface area (Å²) in [4.78, 5) is 0. The summed E-state index contributed by atoms with van der Waals surface area (Å²) >= 11 is 0. The SMILES string of the molecule is CC1CC2CC(F)(F)C(N)C2C1. The van der Waals surface area contributed by atoms with Gasteiger partial charge >= 0.3 is 0 Å². The molecule has 0 aromatic carbocycles. The molecule has 0 aromatic rings. The summed E-state index contributed by atoms with van der Waals surface area (Å²) in [5, 5.41) is 0. The number of halogens is 2. The van der Waals surface area contributed by atoms with E-state index in [2.05, 4.69) is 6.92 Å². The molecule has 2 aliphatic carbocycles. The molecule has 2 N–H and O–H groups in total. The summed E-state index contributed by atoms with van der Waals surface area (Å²) in [7, 11) is 0. The highest BCUT2D eigenvalue weighted by Gasteiger charge is 2.55. The molecule has 12 heavy (non-hydrogen) atoms. The molecule has 2 saturated carbocycles. The minimum atomic E-state index is -2.59. The van der Waals surface area contributed by atoms with Crippen molar-refractivity contribution in [2.45, 2.75) is 38.2 Å². The van der Waals surface area contributed by atoms with Crippen molar-refractivity contribution >= 4 is 0 Å². The summed E-state index contributed by atoms with van der Waals surface area (Å²) in [5.41, 5.74) is 5.51. The monoisotopic (exact) mass is 175 g/mol. The fourth-order valence-corrected chi connectivity index (χ4v) is 2.92. The zero-order valence-electron chi connectivity index (χ0n) is 7.26. The van der Waals surface area contributed by atoms with Gasteiger partial charge in [-0.3, -0.25) is 0 Å². The van der Waals surface area contributed by atoms with E-state index in [0.717, 1.165) is 12.8 Å². The quantitative estimate of drug-likeness (QED) is 0.598. The lowest BCUT2D eigenvalue weighted by atomic mass is 9.98. The molecular formula is C9H15F2N. The van der Waals surface area contributed by atoms with Gasteiger partial charge in [0.25, 0.3) is 5.92 Å². The lowest BCUT2D eigenvalue weighted by molar-refractivity contribution is -0.0172. The van der Waals surface area contributed by atoms with Gasteiger partial charge in [0.15, 0.2) is 0 Å². The van der Waals surface area contributed by atoms with Crippen LogP contribution in [0.3, 0.4) is 0 Å². The van der Waals surface area contributed by atoms with Gasteiger partial charge < -0.3 is 5.73 Å². The van der Waals surface area contributed by atoms with Crippen molar-refractivity contribution in [3.8, 4) is 0 Å². The number of hydrogen-bond acceptors (Lipinski definition) is 1. The summed E-state index contributed by atoms with van der Waals surface area (Å²) in [6, 6.07) is -0.868. The first-order valence-electron chi connectivity index (χ1n) is 4.64. The van der Waals surface area contributed by atoms with Crippen LogP contribution in [0.2, 0.25) is 0 Å². The Morgan fingerprint density at radius 3 is 2.58 bits per heavy atom. The van der Waals surface area contributed by atoms with Crippen LogP contribution in [0.4, 0.5) is 8.78 Å². The third-order valence-corrected chi connectivity index (χ3v) is 3.47. The van der Waals surface area contributed by atoms with E-state index in [1.807, 2.05) is 0 Å². The van der Waals surface area contributed by atoms with E-state index >= 15 is 0 Å². The Morgan fingerprint density at radius 2 is 2.00 bits per heavy atom. The molecule has 0 heterocycles. The van der Waals surface area contributed by atoms with E-state index in [1.54, 1.807) is 0 Å². The van der Waals surface area contributed by atoms with Crippen molar-refractivity contribution in [2.24, 2.45) is 23.5 Å². The molecule has 0 radical (unpaired) electrons. The number of hydrogen-bond donors (Lipinski definition) is 1. The zero-order chi connectivity index (χ0) is 8.93. The topological polar surface area (TPSA) is 26.0 Å². The summed E-state index contributed by atoms with van der Waals surface area (Å²) in [6.07, 6.45) is 1.89. The molecule has 4 unspecified atom stereocenters. The van der Waals surface area contributed by atoms with Crippen molar-refractivity contribution < 1.29 is 8.78 Å². The minimum Gasteiger partial charge on any atom is -0.322 e. The van der Waals surface area contributed by atoms with Crippen LogP contribution in [0.5, 0.6) is 0 Å². The van der Waals surface area contributed by atoms with Gasteiger partial charge in [0.2, 0.25) is 0 Å². The van der Waals surface area contributed by atoms with Crippen molar-refractivity contribution in [1.82, 2.24) is 0 Å². The maximum absolute atomic E-state index is 13.1. The maximum Gasteiger partial charge on any atom is 0.263 e. The Hall–Kier alpha value is -0.180. The first-order valence-corrected chi connectivity index (χ1v) is 4.64. The van der Waals surface area contributed by atoms with Gasteiger partial charge in [0.1, 0.15) is 0 Å². The molecule has 1 nitrogen and oxygen atoms in total. The van der Waals surface area contributed by atoms with Gasteiger partial charge in [0.05, 0.1) is 6.04 Å². The highest BCUT2D eigenvalue weighted by atomic mass is 19.3. The summed E-state index contributed by atoms with van der Waals surface area (Å²) in [5.74, 6) is -1.70. The Bertz CT molecular complexity index is 193. The molecule has 70 valence electrons. The van der Waals surface area contributed by atoms with Crippen LogP contribution < -0.4 is 5.73 Å². The van der Waals surface area contributed by atoms with E-state index in [-0.39, 0.29) is 18.3 Å². The molecule has 2 aliphatic rings. The molecule has 0 saturated heterocycles. The van der Waals surface area contributed by atoms with Crippen LogP contribution in [-0.4, -0.2) is 12.0 Å². The van der Waals surface area contributed by atoms with Gasteiger partial charge in [-0.15, -0.1) is 0 Å². The fourth-order valence-electron chi connectivity index (χ4n) is 2.92. The van der Waals surface area contributed by atoms with Gasteiger partial charge in [-0.1, -0.05) is 6.92 Å². The van der Waals surface area contributed by atoms with Crippen LogP contribution in [-0.2, 0) is 0 Å². The lowest BCUT2D eigenvalue weighted by Crippen LogP contribution is -2.39. The van der Waals surface area contributed by atoms with Gasteiger partial charge in [-0.25, -0.2) is 8.78 Å². The Kier molecular flexibility index (Phi) is 1.69. The van der Waals surface area contributed by atoms with Crippen molar-refractivity contribution in [3.05, 3.63) is 0 Å². The number of alkyl halides is 2. The zero-order valence-corrected chi connectivity index (χ0v) is 7.26. The molecule has 0 amide bonds. The molecule has 4 atom stereocenters. The molecule has 0 aromatic heterocycles. The third-order valence-electron chi connectivity index (χ3n) is 3.47. The Morgan fingerprint density at radius 1 is 1.33 bits per heavy atom. The van der Waals surface area contributed by atoms with Crippen LogP contribution in [0.1, 0.15) is 26.2 Å². The fraction of sp³-hybridized carbons (Fsp3) is 1.00. The van der Waals surface area contributed by atoms with E-state index < -0.39 is 12.0 Å². The van der Waals surface area contributed by atoms with Crippen molar-refractivity contribution in [1.29, 1.82) is 0 Å².